The van der Waals surface area contributed by atoms with Crippen LogP contribution in [0.1, 0.15) is 349 Å². The summed E-state index contributed by atoms with van der Waals surface area (Å²) in [5.74, 6) is 1.45. The van der Waals surface area contributed by atoms with Gasteiger partial charge in [0.15, 0.2) is 0 Å². The van der Waals surface area contributed by atoms with Crippen LogP contribution in [0.15, 0.2) is 24.3 Å². The van der Waals surface area contributed by atoms with Crippen molar-refractivity contribution in [1.82, 2.24) is 4.90 Å². The van der Waals surface area contributed by atoms with Gasteiger partial charge in [-0.2, -0.15) is 0 Å². The molecule has 7 nitrogen and oxygen atoms in total. The van der Waals surface area contributed by atoms with Gasteiger partial charge in [-0.05, 0) is 142 Å². The fraction of sp³-hybridized carbons (Fsp3) is 0.899. The molecule has 76 heavy (non-hydrogen) atoms. The van der Waals surface area contributed by atoms with E-state index in [4.69, 9.17) is 14.2 Å². The number of hydrogen-bond donors (Lipinski definition) is 0. The number of ether oxygens (including phenoxy) is 3. The molecule has 0 unspecified atom stereocenters. The Hall–Kier alpha value is -2.15. The van der Waals surface area contributed by atoms with Gasteiger partial charge in [0, 0.05) is 19.3 Å². The quantitative estimate of drug-likeness (QED) is 0.0260. The van der Waals surface area contributed by atoms with E-state index in [0.29, 0.717) is 32.5 Å². The number of carbonyl (C=O) groups excluding carboxylic acids is 3. The molecule has 0 rings (SSSR count). The molecule has 0 amide bonds. The minimum Gasteiger partial charge on any atom is -0.466 e. The van der Waals surface area contributed by atoms with E-state index in [1.165, 1.54) is 231 Å². The zero-order valence-corrected chi connectivity index (χ0v) is 51.9. The van der Waals surface area contributed by atoms with Gasteiger partial charge >= 0.3 is 17.9 Å². The predicted octanol–water partition coefficient (Wildman–Crippen LogP) is 21.5. The summed E-state index contributed by atoms with van der Waals surface area (Å²) in [5.41, 5.74) is 0. The monoisotopic (exact) mass is 1070 g/mol. The van der Waals surface area contributed by atoms with Gasteiger partial charge in [0.05, 0.1) is 13.2 Å². The second-order valence-electron chi connectivity index (χ2n) is 23.7. The molecular formula is C69H131NO6. The van der Waals surface area contributed by atoms with Crippen molar-refractivity contribution in [3.8, 4) is 0 Å². The zero-order chi connectivity index (χ0) is 55.5. The molecule has 448 valence electrons. The first kappa shape index (κ1) is 73.8. The van der Waals surface area contributed by atoms with Crippen molar-refractivity contribution in [2.75, 3.05) is 33.9 Å². The van der Waals surface area contributed by atoms with Crippen LogP contribution in [0.5, 0.6) is 0 Å². The summed E-state index contributed by atoms with van der Waals surface area (Å²) < 4.78 is 17.3. The van der Waals surface area contributed by atoms with E-state index in [2.05, 4.69) is 71.0 Å². The average molecular weight is 1070 g/mol. The van der Waals surface area contributed by atoms with Crippen molar-refractivity contribution in [3.05, 3.63) is 24.3 Å². The van der Waals surface area contributed by atoms with Crippen molar-refractivity contribution in [2.45, 2.75) is 355 Å². The number of unbranched alkanes of at least 4 members (excludes halogenated alkanes) is 30. The number of hydrogen-bond acceptors (Lipinski definition) is 7. The van der Waals surface area contributed by atoms with Crippen LogP contribution in [0.3, 0.4) is 0 Å². The molecule has 0 aliphatic carbocycles. The van der Waals surface area contributed by atoms with Crippen LogP contribution >= 0.6 is 0 Å². The topological polar surface area (TPSA) is 82.1 Å². The lowest BCUT2D eigenvalue weighted by atomic mass is 9.92. The van der Waals surface area contributed by atoms with E-state index < -0.39 is 0 Å². The maximum Gasteiger partial charge on any atom is 0.306 e. The van der Waals surface area contributed by atoms with Gasteiger partial charge in [-0.25, -0.2) is 0 Å². The molecule has 0 aliphatic heterocycles. The Kier molecular flexibility index (Phi) is 58.8. The van der Waals surface area contributed by atoms with Crippen LogP contribution in [-0.4, -0.2) is 62.8 Å². The van der Waals surface area contributed by atoms with E-state index in [1.54, 1.807) is 0 Å². The molecule has 0 bridgehead atoms. The van der Waals surface area contributed by atoms with Gasteiger partial charge in [-0.1, -0.05) is 245 Å². The number of allylic oxidation sites excluding steroid dienone is 4. The van der Waals surface area contributed by atoms with Crippen molar-refractivity contribution in [3.63, 3.8) is 0 Å². The van der Waals surface area contributed by atoms with Gasteiger partial charge in [0.2, 0.25) is 0 Å². The molecule has 0 aromatic heterocycles. The molecule has 0 spiro atoms. The number of esters is 3. The largest absolute Gasteiger partial charge is 0.466 e. The lowest BCUT2D eigenvalue weighted by molar-refractivity contribution is -0.150. The molecule has 7 heteroatoms. The molecule has 0 aromatic carbocycles. The molecular weight excluding hydrogens is 939 g/mol. The number of nitrogens with zero attached hydrogens (tertiary/aromatic N) is 1. The highest BCUT2D eigenvalue weighted by Gasteiger charge is 2.15. The minimum absolute atomic E-state index is 0.00663. The smallest absolute Gasteiger partial charge is 0.306 e. The van der Waals surface area contributed by atoms with E-state index in [-0.39, 0.29) is 24.0 Å². The fourth-order valence-corrected chi connectivity index (χ4v) is 10.7. The third-order valence-corrected chi connectivity index (χ3v) is 15.9. The first-order valence-corrected chi connectivity index (χ1v) is 33.7. The highest BCUT2D eigenvalue weighted by molar-refractivity contribution is 5.70. The van der Waals surface area contributed by atoms with E-state index in [0.717, 1.165) is 89.0 Å². The van der Waals surface area contributed by atoms with Crippen LogP contribution in [0.25, 0.3) is 0 Å². The maximum absolute atomic E-state index is 12.7. The van der Waals surface area contributed by atoms with Gasteiger partial charge < -0.3 is 19.1 Å². The molecule has 0 aromatic rings. The summed E-state index contributed by atoms with van der Waals surface area (Å²) >= 11 is 0. The lowest BCUT2D eigenvalue weighted by Crippen LogP contribution is -2.20. The highest BCUT2D eigenvalue weighted by atomic mass is 16.5. The maximum atomic E-state index is 12.7. The predicted molar refractivity (Wildman–Crippen MR) is 329 cm³/mol. The molecule has 0 heterocycles. The Morgan fingerprint density at radius 1 is 0.329 bits per heavy atom. The molecule has 0 N–H and O–H groups in total. The van der Waals surface area contributed by atoms with Crippen molar-refractivity contribution in [2.24, 2.45) is 11.8 Å². The minimum atomic E-state index is -0.00900. The fourth-order valence-electron chi connectivity index (χ4n) is 10.7. The normalized spacial score (nSPS) is 12.3. The van der Waals surface area contributed by atoms with Gasteiger partial charge in [0.25, 0.3) is 0 Å². The standard InChI is InChI=1S/C69H131NO6/c1-7-11-41-50-64(51-42-12-8-2)59-62-74-67(71)56-47-39-35-31-27-23-19-15-17-21-25-29-33-37-45-54-66(76-69(73)58-49-61-70(5)6)55-46-38-34-30-26-22-18-16-20-24-28-32-36-40-48-57-68(72)75-63-60-65(52-43-13-9-3)53-44-14-10-4/h15-16,19-20,64-66H,7-14,17-18,21-63H2,1-6H3. The van der Waals surface area contributed by atoms with Crippen LogP contribution < -0.4 is 0 Å². The summed E-state index contributed by atoms with van der Waals surface area (Å²) in [6.07, 6.45) is 68.4. The summed E-state index contributed by atoms with van der Waals surface area (Å²) in [7, 11) is 4.12. The lowest BCUT2D eigenvalue weighted by Gasteiger charge is -2.18. The van der Waals surface area contributed by atoms with E-state index in [1.807, 2.05) is 0 Å². The summed E-state index contributed by atoms with van der Waals surface area (Å²) in [4.78, 5) is 39.5. The second-order valence-corrected chi connectivity index (χ2v) is 23.7. The Morgan fingerprint density at radius 3 is 0.947 bits per heavy atom. The first-order chi connectivity index (χ1) is 37.2. The third-order valence-electron chi connectivity index (χ3n) is 15.9. The van der Waals surface area contributed by atoms with Crippen molar-refractivity contribution in [1.29, 1.82) is 0 Å². The molecule has 0 atom stereocenters. The Labute approximate surface area is 474 Å². The van der Waals surface area contributed by atoms with Gasteiger partial charge in [-0.3, -0.25) is 14.4 Å². The second kappa shape index (κ2) is 60.5. The molecule has 0 saturated carbocycles. The molecule has 0 radical (unpaired) electrons. The van der Waals surface area contributed by atoms with Crippen LogP contribution in [0, 0.1) is 11.8 Å². The first-order valence-electron chi connectivity index (χ1n) is 33.7. The average Bonchev–Trinajstić information content (AvgIpc) is 3.40. The zero-order valence-electron chi connectivity index (χ0n) is 51.9. The molecule has 0 aliphatic rings. The summed E-state index contributed by atoms with van der Waals surface area (Å²) in [5, 5.41) is 0. The Morgan fingerprint density at radius 2 is 0.618 bits per heavy atom. The SMILES string of the molecule is CCCCCC(CCCCC)CCOC(=O)CCCCCCCC=CCCCCCCCCC(CCCCCCCCC=CCCCCCCCC(=O)OCCC(CCCCC)CCCCC)OC(=O)CCCN(C)C. The number of rotatable bonds is 61. The van der Waals surface area contributed by atoms with E-state index in [9.17, 15) is 14.4 Å². The third kappa shape index (κ3) is 56.6. The van der Waals surface area contributed by atoms with Crippen molar-refractivity contribution >= 4 is 17.9 Å². The molecule has 0 fully saturated rings. The van der Waals surface area contributed by atoms with E-state index >= 15 is 0 Å². The molecule has 0 saturated heterocycles. The summed E-state index contributed by atoms with van der Waals surface area (Å²) in [6.45, 7) is 11.2. The van der Waals surface area contributed by atoms with Crippen LogP contribution in [0.4, 0.5) is 0 Å². The van der Waals surface area contributed by atoms with Crippen molar-refractivity contribution < 1.29 is 28.6 Å². The van der Waals surface area contributed by atoms with Gasteiger partial charge in [-0.15, -0.1) is 0 Å². The number of carbonyl (C=O) groups is 3. The highest BCUT2D eigenvalue weighted by Crippen LogP contribution is 2.24. The van der Waals surface area contributed by atoms with Crippen LogP contribution in [0.2, 0.25) is 0 Å². The van der Waals surface area contributed by atoms with Crippen LogP contribution in [-0.2, 0) is 28.6 Å². The van der Waals surface area contributed by atoms with Gasteiger partial charge in [0.1, 0.15) is 6.10 Å². The summed E-state index contributed by atoms with van der Waals surface area (Å²) in [6, 6.07) is 0. The Bertz CT molecular complexity index is 1180. The Balaban J connectivity index is 3.99.